The first kappa shape index (κ1) is 15.8. The fourth-order valence-electron chi connectivity index (χ4n) is 1.95. The molecule has 0 amide bonds. The predicted octanol–water partition coefficient (Wildman–Crippen LogP) is 4.66. The SMILES string of the molecule is CSc1nc2ncnc(Sc3nnc(-c4cccc(Cl)c4)o3)c2s1. The van der Waals surface area contributed by atoms with Crippen molar-refractivity contribution >= 4 is 56.8 Å². The number of aromatic nitrogens is 5. The van der Waals surface area contributed by atoms with Crippen LogP contribution in [0.5, 0.6) is 0 Å². The molecule has 0 radical (unpaired) electrons. The molecule has 0 saturated carbocycles. The Morgan fingerprint density at radius 1 is 1.21 bits per heavy atom. The van der Waals surface area contributed by atoms with Gasteiger partial charge in [-0.15, -0.1) is 21.5 Å². The van der Waals surface area contributed by atoms with Crippen molar-refractivity contribution in [3.63, 3.8) is 0 Å². The first-order valence-electron chi connectivity index (χ1n) is 6.66. The molecule has 0 unspecified atom stereocenters. The summed E-state index contributed by atoms with van der Waals surface area (Å²) in [4.78, 5) is 12.9. The van der Waals surface area contributed by atoms with Crippen LogP contribution >= 0.6 is 46.5 Å². The number of hydrogen-bond donors (Lipinski definition) is 0. The lowest BCUT2D eigenvalue weighted by molar-refractivity contribution is 0.465. The summed E-state index contributed by atoms with van der Waals surface area (Å²) in [6, 6.07) is 7.27. The van der Waals surface area contributed by atoms with Crippen molar-refractivity contribution in [2.45, 2.75) is 14.6 Å². The maximum atomic E-state index is 5.99. The molecule has 0 bridgehead atoms. The van der Waals surface area contributed by atoms with E-state index in [9.17, 15) is 0 Å². The minimum atomic E-state index is 0.407. The quantitative estimate of drug-likeness (QED) is 0.366. The van der Waals surface area contributed by atoms with Crippen molar-refractivity contribution in [3.8, 4) is 11.5 Å². The number of rotatable bonds is 4. The largest absolute Gasteiger partial charge is 0.411 e. The molecule has 0 fully saturated rings. The number of nitrogens with zero attached hydrogens (tertiary/aromatic N) is 5. The van der Waals surface area contributed by atoms with Gasteiger partial charge in [-0.1, -0.05) is 29.4 Å². The standard InChI is InChI=1S/C14H8ClN5OS3/c1-22-14-18-10-9(23-14)12(17-6-16-10)24-13-20-19-11(21-13)7-3-2-4-8(15)5-7/h2-6H,1H3. The van der Waals surface area contributed by atoms with Gasteiger partial charge in [0.15, 0.2) is 9.99 Å². The van der Waals surface area contributed by atoms with Crippen molar-refractivity contribution in [3.05, 3.63) is 35.6 Å². The van der Waals surface area contributed by atoms with Crippen LogP contribution in [-0.2, 0) is 0 Å². The third kappa shape index (κ3) is 3.12. The maximum Gasteiger partial charge on any atom is 0.283 e. The number of halogens is 1. The molecule has 0 N–H and O–H groups in total. The van der Waals surface area contributed by atoms with E-state index in [0.717, 1.165) is 19.6 Å². The molecule has 24 heavy (non-hydrogen) atoms. The Labute approximate surface area is 154 Å². The van der Waals surface area contributed by atoms with Gasteiger partial charge in [0, 0.05) is 10.6 Å². The van der Waals surface area contributed by atoms with Crippen LogP contribution in [0.4, 0.5) is 0 Å². The average Bonchev–Trinajstić information content (AvgIpc) is 3.22. The average molecular weight is 394 g/mol. The van der Waals surface area contributed by atoms with Crippen molar-refractivity contribution in [2.75, 3.05) is 6.26 Å². The fraction of sp³-hybridized carbons (Fsp3) is 0.0714. The Bertz CT molecular complexity index is 1020. The van der Waals surface area contributed by atoms with Gasteiger partial charge in [0.25, 0.3) is 5.22 Å². The maximum absolute atomic E-state index is 5.99. The molecular formula is C14H8ClN5OS3. The normalized spacial score (nSPS) is 11.2. The van der Waals surface area contributed by atoms with E-state index < -0.39 is 0 Å². The van der Waals surface area contributed by atoms with Gasteiger partial charge in [-0.2, -0.15) is 0 Å². The summed E-state index contributed by atoms with van der Waals surface area (Å²) in [5.74, 6) is 0.416. The van der Waals surface area contributed by atoms with E-state index in [4.69, 9.17) is 16.0 Å². The summed E-state index contributed by atoms with van der Waals surface area (Å²) in [5.41, 5.74) is 1.45. The van der Waals surface area contributed by atoms with E-state index in [1.54, 1.807) is 35.2 Å². The van der Waals surface area contributed by atoms with Gasteiger partial charge >= 0.3 is 0 Å². The van der Waals surface area contributed by atoms with Gasteiger partial charge in [0.2, 0.25) is 5.89 Å². The minimum Gasteiger partial charge on any atom is -0.411 e. The van der Waals surface area contributed by atoms with Crippen LogP contribution in [-0.4, -0.2) is 31.4 Å². The highest BCUT2D eigenvalue weighted by atomic mass is 35.5. The highest BCUT2D eigenvalue weighted by molar-refractivity contribution is 8.00. The summed E-state index contributed by atoms with van der Waals surface area (Å²) in [6.07, 6.45) is 3.47. The molecule has 0 aliphatic carbocycles. The Balaban J connectivity index is 1.66. The van der Waals surface area contributed by atoms with Crippen molar-refractivity contribution in [1.29, 1.82) is 0 Å². The zero-order chi connectivity index (χ0) is 16.5. The van der Waals surface area contributed by atoms with Crippen molar-refractivity contribution in [1.82, 2.24) is 25.1 Å². The van der Waals surface area contributed by atoms with Crippen molar-refractivity contribution in [2.24, 2.45) is 0 Å². The summed E-state index contributed by atoms with van der Waals surface area (Å²) < 4.78 is 7.56. The van der Waals surface area contributed by atoms with E-state index >= 15 is 0 Å². The Morgan fingerprint density at radius 3 is 2.96 bits per heavy atom. The first-order chi connectivity index (χ1) is 11.7. The number of fused-ring (bicyclic) bond motifs is 1. The van der Waals surface area contributed by atoms with Gasteiger partial charge in [0.1, 0.15) is 16.1 Å². The number of hydrogen-bond acceptors (Lipinski definition) is 9. The topological polar surface area (TPSA) is 77.6 Å². The summed E-state index contributed by atoms with van der Waals surface area (Å²) in [7, 11) is 0. The zero-order valence-corrected chi connectivity index (χ0v) is 15.3. The van der Waals surface area contributed by atoms with Crippen LogP contribution in [0.25, 0.3) is 21.8 Å². The minimum absolute atomic E-state index is 0.407. The molecule has 0 saturated heterocycles. The Morgan fingerprint density at radius 2 is 2.12 bits per heavy atom. The monoisotopic (exact) mass is 393 g/mol. The third-order valence-corrected chi connectivity index (χ3v) is 6.22. The molecule has 0 aliphatic rings. The Hall–Kier alpha value is -1.68. The molecule has 0 spiro atoms. The van der Waals surface area contributed by atoms with Crippen molar-refractivity contribution < 1.29 is 4.42 Å². The third-order valence-electron chi connectivity index (χ3n) is 2.98. The molecule has 1 aromatic carbocycles. The molecule has 3 heterocycles. The second kappa shape index (κ2) is 6.67. The molecule has 0 atom stereocenters. The van der Waals surface area contributed by atoms with E-state index in [0.29, 0.717) is 21.8 Å². The van der Waals surface area contributed by atoms with Gasteiger partial charge in [-0.3, -0.25) is 0 Å². The lowest BCUT2D eigenvalue weighted by atomic mass is 10.2. The lowest BCUT2D eigenvalue weighted by Crippen LogP contribution is -1.84. The lowest BCUT2D eigenvalue weighted by Gasteiger charge is -1.96. The van der Waals surface area contributed by atoms with E-state index in [1.807, 2.05) is 18.4 Å². The Kier molecular flexibility index (Phi) is 4.40. The number of thiazole rings is 1. The highest BCUT2D eigenvalue weighted by Gasteiger charge is 2.15. The number of thioether (sulfide) groups is 1. The van der Waals surface area contributed by atoms with Gasteiger partial charge < -0.3 is 4.42 Å². The molecule has 4 aromatic rings. The smallest absolute Gasteiger partial charge is 0.283 e. The second-order valence-electron chi connectivity index (χ2n) is 4.50. The summed E-state index contributed by atoms with van der Waals surface area (Å²) in [5, 5.41) is 9.92. The number of benzene rings is 1. The summed E-state index contributed by atoms with van der Waals surface area (Å²) in [6.45, 7) is 0. The summed E-state index contributed by atoms with van der Waals surface area (Å²) >= 11 is 10.4. The predicted molar refractivity (Wildman–Crippen MR) is 95.9 cm³/mol. The van der Waals surface area contributed by atoms with E-state index in [2.05, 4.69) is 25.1 Å². The highest BCUT2D eigenvalue weighted by Crippen LogP contribution is 2.36. The van der Waals surface area contributed by atoms with Gasteiger partial charge in [-0.05, 0) is 36.2 Å². The van der Waals surface area contributed by atoms with Gasteiger partial charge in [-0.25, -0.2) is 15.0 Å². The molecule has 0 aliphatic heterocycles. The van der Waals surface area contributed by atoms with Crippen LogP contribution < -0.4 is 0 Å². The van der Waals surface area contributed by atoms with Crippen LogP contribution in [0, 0.1) is 0 Å². The van der Waals surface area contributed by atoms with Gasteiger partial charge in [0.05, 0.1) is 0 Å². The molecule has 120 valence electrons. The first-order valence-corrected chi connectivity index (χ1v) is 9.89. The molecule has 6 nitrogen and oxygen atoms in total. The fourth-order valence-corrected chi connectivity index (χ4v) is 4.44. The zero-order valence-electron chi connectivity index (χ0n) is 12.1. The molecule has 3 aromatic heterocycles. The van der Waals surface area contributed by atoms with Crippen LogP contribution in [0.3, 0.4) is 0 Å². The van der Waals surface area contributed by atoms with E-state index in [1.165, 1.54) is 18.1 Å². The second-order valence-corrected chi connectivity index (χ2v) is 7.93. The van der Waals surface area contributed by atoms with E-state index in [-0.39, 0.29) is 0 Å². The molecule has 4 rings (SSSR count). The molecular weight excluding hydrogens is 386 g/mol. The molecule has 10 heteroatoms. The van der Waals surface area contributed by atoms with Crippen LogP contribution in [0.15, 0.2) is 49.6 Å². The van der Waals surface area contributed by atoms with Crippen LogP contribution in [0.1, 0.15) is 0 Å². The van der Waals surface area contributed by atoms with Crippen LogP contribution in [0.2, 0.25) is 5.02 Å².